The van der Waals surface area contributed by atoms with Gasteiger partial charge in [-0.15, -0.1) is 0 Å². The van der Waals surface area contributed by atoms with Crippen molar-refractivity contribution in [3.8, 4) is 5.75 Å². The third-order valence-corrected chi connectivity index (χ3v) is 4.79. The van der Waals surface area contributed by atoms with Crippen molar-refractivity contribution in [1.82, 2.24) is 0 Å². The molecule has 0 saturated carbocycles. The van der Waals surface area contributed by atoms with E-state index in [0.29, 0.717) is 5.69 Å². The summed E-state index contributed by atoms with van der Waals surface area (Å²) in [6.07, 6.45) is 0.106. The number of nitrogens with zero attached hydrogens (tertiary/aromatic N) is 2. The van der Waals surface area contributed by atoms with Gasteiger partial charge in [-0.3, -0.25) is 19.7 Å². The van der Waals surface area contributed by atoms with Crippen LogP contribution in [0.3, 0.4) is 0 Å². The summed E-state index contributed by atoms with van der Waals surface area (Å²) in [4.78, 5) is 37.1. The minimum atomic E-state index is -0.536. The highest BCUT2D eigenvalue weighted by atomic mass is 16.6. The number of carbonyl (C=O) groups excluding carboxylic acids is 2. The van der Waals surface area contributed by atoms with Gasteiger partial charge < -0.3 is 15.0 Å². The van der Waals surface area contributed by atoms with Crippen LogP contribution in [0.15, 0.2) is 36.4 Å². The highest BCUT2D eigenvalue weighted by Gasteiger charge is 2.36. The number of methoxy groups -OCH3 is 1. The van der Waals surface area contributed by atoms with Gasteiger partial charge in [0.15, 0.2) is 0 Å². The van der Waals surface area contributed by atoms with Gasteiger partial charge in [0.2, 0.25) is 11.8 Å². The monoisotopic (exact) mass is 383 g/mol. The lowest BCUT2D eigenvalue weighted by molar-refractivity contribution is -0.384. The van der Waals surface area contributed by atoms with Crippen LogP contribution in [0.25, 0.3) is 0 Å². The number of nitrogens with one attached hydrogen (secondary N) is 1. The molecule has 1 N–H and O–H groups in total. The third-order valence-electron chi connectivity index (χ3n) is 4.79. The topological polar surface area (TPSA) is 102 Å². The van der Waals surface area contributed by atoms with E-state index in [9.17, 15) is 19.7 Å². The molecule has 3 rings (SSSR count). The molecule has 2 aromatic rings. The van der Waals surface area contributed by atoms with E-state index in [1.54, 1.807) is 4.90 Å². The number of hydrogen-bond donors (Lipinski definition) is 1. The zero-order valence-electron chi connectivity index (χ0n) is 15.9. The summed E-state index contributed by atoms with van der Waals surface area (Å²) in [5, 5.41) is 13.6. The number of anilines is 2. The fourth-order valence-electron chi connectivity index (χ4n) is 3.36. The van der Waals surface area contributed by atoms with Crippen LogP contribution in [-0.4, -0.2) is 30.4 Å². The largest absolute Gasteiger partial charge is 0.494 e. The van der Waals surface area contributed by atoms with Crippen LogP contribution in [0.2, 0.25) is 0 Å². The molecule has 1 aliphatic rings. The number of rotatable bonds is 5. The molecule has 1 saturated heterocycles. The molecule has 1 fully saturated rings. The first kappa shape index (κ1) is 19.3. The molecule has 146 valence electrons. The second-order valence-electron chi connectivity index (χ2n) is 6.83. The Morgan fingerprint density at radius 3 is 2.64 bits per heavy atom. The van der Waals surface area contributed by atoms with Gasteiger partial charge in [0.1, 0.15) is 5.75 Å². The van der Waals surface area contributed by atoms with Gasteiger partial charge in [-0.1, -0.05) is 17.7 Å². The molecule has 8 heteroatoms. The van der Waals surface area contributed by atoms with E-state index in [1.165, 1.54) is 25.3 Å². The Labute approximate surface area is 162 Å². The van der Waals surface area contributed by atoms with E-state index in [1.807, 2.05) is 32.0 Å². The summed E-state index contributed by atoms with van der Waals surface area (Å²) < 4.78 is 5.14. The molecule has 0 spiro atoms. The average molecular weight is 383 g/mol. The zero-order chi connectivity index (χ0) is 20.4. The summed E-state index contributed by atoms with van der Waals surface area (Å²) >= 11 is 0. The van der Waals surface area contributed by atoms with E-state index in [0.717, 1.165) is 16.8 Å². The summed E-state index contributed by atoms with van der Waals surface area (Å²) in [6.45, 7) is 4.20. The molecule has 2 aromatic carbocycles. The van der Waals surface area contributed by atoms with Gasteiger partial charge >= 0.3 is 0 Å². The van der Waals surface area contributed by atoms with Gasteiger partial charge in [-0.05, 0) is 31.5 Å². The first-order chi connectivity index (χ1) is 13.3. The smallest absolute Gasteiger partial charge is 0.273 e. The highest BCUT2D eigenvalue weighted by molar-refractivity contribution is 6.04. The van der Waals surface area contributed by atoms with Crippen LogP contribution < -0.4 is 15.0 Å². The number of nitro groups is 1. The Hall–Kier alpha value is -3.42. The maximum absolute atomic E-state index is 12.7. The van der Waals surface area contributed by atoms with Gasteiger partial charge in [0.25, 0.3) is 5.69 Å². The molecule has 0 aliphatic carbocycles. The Morgan fingerprint density at radius 2 is 2.00 bits per heavy atom. The Bertz CT molecular complexity index is 957. The van der Waals surface area contributed by atoms with Crippen molar-refractivity contribution in [3.63, 3.8) is 0 Å². The molecule has 0 radical (unpaired) electrons. The molecule has 1 unspecified atom stereocenters. The van der Waals surface area contributed by atoms with Crippen molar-refractivity contribution < 1.29 is 19.2 Å². The highest BCUT2D eigenvalue weighted by Crippen LogP contribution is 2.32. The first-order valence-electron chi connectivity index (χ1n) is 8.81. The molecule has 1 heterocycles. The first-order valence-corrected chi connectivity index (χ1v) is 8.81. The summed E-state index contributed by atoms with van der Waals surface area (Å²) in [5.41, 5.74) is 3.08. The molecular weight excluding hydrogens is 362 g/mol. The van der Waals surface area contributed by atoms with E-state index >= 15 is 0 Å². The van der Waals surface area contributed by atoms with Crippen LogP contribution in [0, 0.1) is 29.9 Å². The Balaban J connectivity index is 1.75. The number of amides is 2. The number of carbonyl (C=O) groups is 2. The molecule has 0 aromatic heterocycles. The summed E-state index contributed by atoms with van der Waals surface area (Å²) in [6, 6.07) is 9.79. The Kier molecular flexibility index (Phi) is 5.30. The van der Waals surface area contributed by atoms with Crippen molar-refractivity contribution in [2.24, 2.45) is 5.92 Å². The molecule has 1 atom stereocenters. The van der Waals surface area contributed by atoms with Crippen molar-refractivity contribution in [2.75, 3.05) is 23.9 Å². The molecule has 2 amide bonds. The second kappa shape index (κ2) is 7.67. The lowest BCUT2D eigenvalue weighted by Crippen LogP contribution is -2.28. The van der Waals surface area contributed by atoms with Crippen LogP contribution in [0.5, 0.6) is 5.75 Å². The van der Waals surface area contributed by atoms with Crippen molar-refractivity contribution in [2.45, 2.75) is 20.3 Å². The van der Waals surface area contributed by atoms with Crippen LogP contribution >= 0.6 is 0 Å². The van der Waals surface area contributed by atoms with Crippen LogP contribution in [0.1, 0.15) is 17.5 Å². The van der Waals surface area contributed by atoms with E-state index in [4.69, 9.17) is 4.74 Å². The van der Waals surface area contributed by atoms with E-state index in [2.05, 4.69) is 5.32 Å². The van der Waals surface area contributed by atoms with E-state index in [-0.39, 0.29) is 36.2 Å². The lowest BCUT2D eigenvalue weighted by atomic mass is 10.1. The van der Waals surface area contributed by atoms with Crippen molar-refractivity contribution in [1.29, 1.82) is 0 Å². The molecule has 8 nitrogen and oxygen atoms in total. The van der Waals surface area contributed by atoms with Gasteiger partial charge in [-0.2, -0.15) is 0 Å². The van der Waals surface area contributed by atoms with Crippen molar-refractivity contribution >= 4 is 28.9 Å². The number of nitro benzene ring substituents is 1. The maximum Gasteiger partial charge on any atom is 0.273 e. The maximum atomic E-state index is 12.7. The zero-order valence-corrected chi connectivity index (χ0v) is 15.9. The lowest BCUT2D eigenvalue weighted by Gasteiger charge is -2.19. The second-order valence-corrected chi connectivity index (χ2v) is 6.83. The van der Waals surface area contributed by atoms with E-state index < -0.39 is 10.8 Å². The fourth-order valence-corrected chi connectivity index (χ4v) is 3.36. The molecule has 1 aliphatic heterocycles. The fraction of sp³-hybridized carbons (Fsp3) is 0.300. The standard InChI is InChI=1S/C20H21N3O5/c1-12-4-7-17(13(2)8-12)22-11-14(9-19(22)24)20(25)21-16-6-5-15(23(26)27)10-18(16)28-3/h4-8,10,14H,9,11H2,1-3H3,(H,21,25). The SMILES string of the molecule is COc1cc([N+](=O)[O-])ccc1NC(=O)C1CC(=O)N(c2ccc(C)cc2C)C1. The predicted molar refractivity (Wildman–Crippen MR) is 105 cm³/mol. The van der Waals surface area contributed by atoms with Crippen LogP contribution in [0.4, 0.5) is 17.1 Å². The van der Waals surface area contributed by atoms with Gasteiger partial charge in [-0.25, -0.2) is 0 Å². The molecule has 28 heavy (non-hydrogen) atoms. The molecular formula is C20H21N3O5. The quantitative estimate of drug-likeness (QED) is 0.631. The van der Waals surface area contributed by atoms with Gasteiger partial charge in [0.05, 0.1) is 29.7 Å². The molecule has 0 bridgehead atoms. The predicted octanol–water partition coefficient (Wildman–Crippen LogP) is 3.21. The number of aryl methyl sites for hydroxylation is 2. The van der Waals surface area contributed by atoms with Crippen molar-refractivity contribution in [3.05, 3.63) is 57.6 Å². The normalized spacial score (nSPS) is 16.2. The minimum absolute atomic E-state index is 0.106. The average Bonchev–Trinajstić information content (AvgIpc) is 3.03. The number of hydrogen-bond acceptors (Lipinski definition) is 5. The third kappa shape index (κ3) is 3.80. The minimum Gasteiger partial charge on any atom is -0.494 e. The number of ether oxygens (including phenoxy) is 1. The number of non-ortho nitro benzene ring substituents is 1. The Morgan fingerprint density at radius 1 is 1.25 bits per heavy atom. The van der Waals surface area contributed by atoms with Gasteiger partial charge in [0, 0.05) is 24.7 Å². The number of benzene rings is 2. The summed E-state index contributed by atoms with van der Waals surface area (Å²) in [7, 11) is 1.37. The summed E-state index contributed by atoms with van der Waals surface area (Å²) in [5.74, 6) is -0.762. The van der Waals surface area contributed by atoms with Crippen LogP contribution in [-0.2, 0) is 9.59 Å².